The maximum Gasteiger partial charge on any atom is 0.248 e. The van der Waals surface area contributed by atoms with Crippen molar-refractivity contribution in [3.05, 3.63) is 51.6 Å². The maximum atomic E-state index is 13.0. The van der Waals surface area contributed by atoms with Crippen LogP contribution in [0.2, 0.25) is 0 Å². The monoisotopic (exact) mass is 618 g/mol. The van der Waals surface area contributed by atoms with Crippen LogP contribution in [0.15, 0.2) is 18.2 Å². The Bertz CT molecular complexity index is 1330. The van der Waals surface area contributed by atoms with Crippen LogP contribution >= 0.6 is 0 Å². The van der Waals surface area contributed by atoms with E-state index in [4.69, 9.17) is 14.2 Å². The molecule has 13 heteroatoms. The number of aliphatic hydroxyl groups excluding tert-OH is 2. The van der Waals surface area contributed by atoms with Gasteiger partial charge in [0.15, 0.2) is 5.78 Å². The molecule has 13 nitrogen and oxygen atoms in total. The number of aromatic hydroxyl groups is 2. The molecule has 0 aliphatic heterocycles. The molecular formula is C31H42N2O11. The van der Waals surface area contributed by atoms with Crippen LogP contribution in [-0.4, -0.2) is 116 Å². The van der Waals surface area contributed by atoms with Gasteiger partial charge in [0, 0.05) is 49.7 Å². The first-order valence-corrected chi connectivity index (χ1v) is 14.3. The van der Waals surface area contributed by atoms with Gasteiger partial charge in [-0.1, -0.05) is 26.0 Å². The fraction of sp³-hybridized carbons (Fsp3) is 0.484. The summed E-state index contributed by atoms with van der Waals surface area (Å²) in [6, 6.07) is 4.52. The molecule has 242 valence electrons. The number of carbonyl (C=O) groups excluding carboxylic acids is 4. The summed E-state index contributed by atoms with van der Waals surface area (Å²) in [6.07, 6.45) is -1.64. The molecule has 0 aromatic heterocycles. The molecule has 1 amide bonds. The molecule has 2 aliphatic carbocycles. The van der Waals surface area contributed by atoms with E-state index in [1.54, 1.807) is 13.1 Å². The van der Waals surface area contributed by atoms with Crippen LogP contribution in [0.4, 0.5) is 0 Å². The predicted molar refractivity (Wildman–Crippen MR) is 160 cm³/mol. The molecule has 4 rings (SSSR count). The van der Waals surface area contributed by atoms with Crippen LogP contribution in [-0.2, 0) is 25.5 Å². The number of ketones is 2. The number of likely N-dealkylation sites (N-methyl/N-ethyl adjacent to an activating group) is 2. The van der Waals surface area contributed by atoms with Crippen LogP contribution in [0.1, 0.15) is 69.3 Å². The Hall–Kier alpha value is -3.88. The van der Waals surface area contributed by atoms with E-state index in [1.165, 1.54) is 24.1 Å². The number of fused-ring (bicyclic) bond motifs is 3. The first-order chi connectivity index (χ1) is 21.1. The van der Waals surface area contributed by atoms with Crippen molar-refractivity contribution in [2.24, 2.45) is 0 Å². The number of phenols is 2. The van der Waals surface area contributed by atoms with Crippen LogP contribution in [0, 0.1) is 0 Å². The summed E-state index contributed by atoms with van der Waals surface area (Å²) in [7, 11) is 4.88. The quantitative estimate of drug-likeness (QED) is 0.117. The third-order valence-electron chi connectivity index (χ3n) is 6.93. The van der Waals surface area contributed by atoms with E-state index in [1.807, 2.05) is 20.9 Å². The summed E-state index contributed by atoms with van der Waals surface area (Å²) in [4.78, 5) is 48.8. The second kappa shape index (κ2) is 17.4. The van der Waals surface area contributed by atoms with Crippen LogP contribution in [0.5, 0.6) is 17.2 Å². The number of methoxy groups -OCH3 is 1. The lowest BCUT2D eigenvalue weighted by molar-refractivity contribution is -0.136. The average molecular weight is 619 g/mol. The molecule has 0 spiro atoms. The van der Waals surface area contributed by atoms with Crippen molar-refractivity contribution in [2.45, 2.75) is 38.9 Å². The van der Waals surface area contributed by atoms with Crippen LogP contribution in [0.3, 0.4) is 0 Å². The minimum atomic E-state index is -1.26. The number of aliphatic hydroxyl groups is 2. The topological polar surface area (TPSA) is 192 Å². The highest BCUT2D eigenvalue weighted by atomic mass is 16.5. The van der Waals surface area contributed by atoms with Crippen molar-refractivity contribution in [1.82, 2.24) is 10.2 Å². The SMILES string of the molecule is CC.CNCCOCCN(C)C(=O)COCC=O.COc1cccc2c1C(=O)c1c(O)c3c(c(O)c1C2=O)CC(O)CC3O. The highest BCUT2D eigenvalue weighted by Crippen LogP contribution is 2.49. The first-order valence-electron chi connectivity index (χ1n) is 14.3. The number of carbonyl (C=O) groups is 4. The molecule has 44 heavy (non-hydrogen) atoms. The van der Waals surface area contributed by atoms with E-state index >= 15 is 0 Å². The normalized spacial score (nSPS) is 16.2. The summed E-state index contributed by atoms with van der Waals surface area (Å²) in [5.41, 5.74) is -0.529. The van der Waals surface area contributed by atoms with Gasteiger partial charge in [0.2, 0.25) is 11.7 Å². The van der Waals surface area contributed by atoms with Crippen LogP contribution < -0.4 is 10.1 Å². The Morgan fingerprint density at radius 3 is 2.36 bits per heavy atom. The highest BCUT2D eigenvalue weighted by molar-refractivity contribution is 6.31. The molecule has 5 N–H and O–H groups in total. The second-order valence-electron chi connectivity index (χ2n) is 9.70. The van der Waals surface area contributed by atoms with Gasteiger partial charge in [-0.05, 0) is 13.1 Å². The van der Waals surface area contributed by atoms with Crippen molar-refractivity contribution in [2.75, 3.05) is 60.7 Å². The number of hydrogen-bond acceptors (Lipinski definition) is 12. The Morgan fingerprint density at radius 1 is 1.05 bits per heavy atom. The smallest absolute Gasteiger partial charge is 0.248 e. The number of aldehydes is 1. The van der Waals surface area contributed by atoms with Gasteiger partial charge in [0.25, 0.3) is 0 Å². The van der Waals surface area contributed by atoms with Gasteiger partial charge in [-0.3, -0.25) is 14.4 Å². The molecule has 0 saturated heterocycles. The molecular weight excluding hydrogens is 576 g/mol. The van der Waals surface area contributed by atoms with E-state index < -0.39 is 35.3 Å². The van der Waals surface area contributed by atoms with Crippen molar-refractivity contribution in [3.63, 3.8) is 0 Å². The largest absolute Gasteiger partial charge is 0.507 e. The van der Waals surface area contributed by atoms with Crippen LogP contribution in [0.25, 0.3) is 0 Å². The number of nitrogens with one attached hydrogen (secondary N) is 1. The van der Waals surface area contributed by atoms with Gasteiger partial charge in [0.1, 0.15) is 36.7 Å². The van der Waals surface area contributed by atoms with Gasteiger partial charge >= 0.3 is 0 Å². The average Bonchev–Trinajstić information content (AvgIpc) is 3.02. The van der Waals surface area contributed by atoms with Crippen molar-refractivity contribution in [1.29, 1.82) is 0 Å². The van der Waals surface area contributed by atoms with Crippen molar-refractivity contribution in [3.8, 4) is 17.2 Å². The molecule has 0 bridgehead atoms. The lowest BCUT2D eigenvalue weighted by Gasteiger charge is -2.30. The van der Waals surface area contributed by atoms with Crippen molar-refractivity contribution < 1.29 is 53.8 Å². The van der Waals surface area contributed by atoms with E-state index in [9.17, 15) is 39.6 Å². The summed E-state index contributed by atoms with van der Waals surface area (Å²) in [6.45, 7) is 6.33. The zero-order valence-electron chi connectivity index (χ0n) is 25.7. The van der Waals surface area contributed by atoms with Gasteiger partial charge in [-0.25, -0.2) is 0 Å². The van der Waals surface area contributed by atoms with E-state index in [0.29, 0.717) is 26.0 Å². The summed E-state index contributed by atoms with van der Waals surface area (Å²) in [5, 5.41) is 44.4. The summed E-state index contributed by atoms with van der Waals surface area (Å²) >= 11 is 0. The molecule has 0 heterocycles. The van der Waals surface area contributed by atoms with Gasteiger partial charge in [0.05, 0.1) is 49.2 Å². The van der Waals surface area contributed by atoms with E-state index in [0.717, 1.165) is 6.54 Å². The summed E-state index contributed by atoms with van der Waals surface area (Å²) < 4.78 is 15.2. The number of rotatable bonds is 11. The minimum absolute atomic E-state index is 0.00693. The number of phenolic OH excluding ortho intramolecular Hbond substituents is 2. The third kappa shape index (κ3) is 8.18. The minimum Gasteiger partial charge on any atom is -0.507 e. The molecule has 0 fully saturated rings. The van der Waals surface area contributed by atoms with Gasteiger partial charge in [-0.15, -0.1) is 0 Å². The number of hydrogen-bond donors (Lipinski definition) is 5. The molecule has 2 aliphatic rings. The Kier molecular flexibility index (Phi) is 14.4. The van der Waals surface area contributed by atoms with Gasteiger partial charge < -0.3 is 49.6 Å². The Balaban J connectivity index is 0.000000326. The fourth-order valence-corrected chi connectivity index (χ4v) is 4.79. The van der Waals surface area contributed by atoms with E-state index in [2.05, 4.69) is 5.32 Å². The molecule has 2 atom stereocenters. The zero-order chi connectivity index (χ0) is 33.0. The lowest BCUT2D eigenvalue weighted by Crippen LogP contribution is -2.33. The second-order valence-corrected chi connectivity index (χ2v) is 9.70. The number of amides is 1. The first kappa shape index (κ1) is 36.3. The zero-order valence-corrected chi connectivity index (χ0v) is 25.7. The van der Waals surface area contributed by atoms with E-state index in [-0.39, 0.29) is 71.1 Å². The fourth-order valence-electron chi connectivity index (χ4n) is 4.79. The Labute approximate surface area is 256 Å². The third-order valence-corrected chi connectivity index (χ3v) is 6.93. The maximum absolute atomic E-state index is 13.0. The number of nitrogens with zero attached hydrogens (tertiary/aromatic N) is 1. The standard InChI is InChI=1S/C19H16O7.C10H20N2O4.C2H6/c1-26-11-4-2-3-8-13(11)19(25)15-14(16(8)22)17(23)9-5-7(20)6-10(21)12(9)18(15)24;1-11-3-6-15-7-4-12(2)10(14)9-16-8-5-13;1-2/h2-4,7,10,20-21,23-24H,5-6H2,1H3;5,11H,3-4,6-9H2,1-2H3;1-2H3. The molecule has 0 radical (unpaired) electrons. The molecule has 0 saturated carbocycles. The lowest BCUT2D eigenvalue weighted by atomic mass is 9.76. The molecule has 2 unspecified atom stereocenters. The molecule has 2 aromatic rings. The highest BCUT2D eigenvalue weighted by Gasteiger charge is 2.42. The van der Waals surface area contributed by atoms with Gasteiger partial charge in [-0.2, -0.15) is 0 Å². The van der Waals surface area contributed by atoms with Crippen molar-refractivity contribution >= 4 is 23.8 Å². The molecule has 2 aromatic carbocycles. The number of benzene rings is 2. The predicted octanol–water partition coefficient (Wildman–Crippen LogP) is 1.14. The summed E-state index contributed by atoms with van der Waals surface area (Å²) in [5.74, 6) is -2.29. The number of ether oxygens (including phenoxy) is 3. The Morgan fingerprint density at radius 2 is 1.73 bits per heavy atom.